The van der Waals surface area contributed by atoms with Crippen molar-refractivity contribution in [2.75, 3.05) is 20.8 Å². The molecule has 1 atom stereocenters. The van der Waals surface area contributed by atoms with Crippen LogP contribution in [0.15, 0.2) is 12.1 Å². The van der Waals surface area contributed by atoms with E-state index in [4.69, 9.17) is 23.7 Å². The summed E-state index contributed by atoms with van der Waals surface area (Å²) < 4.78 is 40.9. The normalized spacial score (nSPS) is 12.4. The molecular formula is C23H34FNO8. The van der Waals surface area contributed by atoms with Crippen molar-refractivity contribution in [2.45, 2.75) is 72.1 Å². The monoisotopic (exact) mass is 470 g/mol. The number of benzene rings is 1. The van der Waals surface area contributed by atoms with E-state index in [0.717, 1.165) is 6.07 Å². The van der Waals surface area contributed by atoms with Gasteiger partial charge in [-0.1, -0.05) is 0 Å². The van der Waals surface area contributed by atoms with Crippen LogP contribution in [0.5, 0.6) is 11.5 Å². The largest absolute Gasteiger partial charge is 0.493 e. The van der Waals surface area contributed by atoms with Crippen LogP contribution in [0.4, 0.5) is 14.0 Å². The fourth-order valence-corrected chi connectivity index (χ4v) is 2.73. The van der Waals surface area contributed by atoms with Crippen molar-refractivity contribution in [3.63, 3.8) is 0 Å². The van der Waals surface area contributed by atoms with Crippen molar-refractivity contribution < 1.29 is 42.5 Å². The van der Waals surface area contributed by atoms with Gasteiger partial charge < -0.3 is 23.7 Å². The van der Waals surface area contributed by atoms with Crippen LogP contribution in [0.1, 0.15) is 54.0 Å². The standard InChI is InChI=1S/C23H34FNO8/c1-10-31-19(26)16(11-14-12-17(29-8)18(30-9)13-15(14)24)25(20(27)32-22(2,3)4)21(28)33-23(5,6)7/h12-13,16H,10-11H2,1-9H3/t16-/m0/s1/i24-1. The molecule has 0 heterocycles. The Bertz CT molecular complexity index is 829. The van der Waals surface area contributed by atoms with Crippen molar-refractivity contribution in [3.8, 4) is 11.5 Å². The molecule has 10 heteroatoms. The average Bonchev–Trinajstić information content (AvgIpc) is 2.65. The van der Waals surface area contributed by atoms with Gasteiger partial charge in [-0.25, -0.2) is 18.8 Å². The molecule has 1 rings (SSSR count). The number of rotatable bonds is 7. The van der Waals surface area contributed by atoms with Crippen LogP contribution in [0, 0.1) is 5.82 Å². The van der Waals surface area contributed by atoms with E-state index in [2.05, 4.69) is 0 Å². The summed E-state index contributed by atoms with van der Waals surface area (Å²) in [7, 11) is 2.72. The highest BCUT2D eigenvalue weighted by atomic mass is 18.2. The molecule has 0 spiro atoms. The van der Waals surface area contributed by atoms with Crippen LogP contribution in [0.25, 0.3) is 0 Å². The smallest absolute Gasteiger partial charge is 0.420 e. The molecule has 0 radical (unpaired) electrons. The van der Waals surface area contributed by atoms with Crippen LogP contribution >= 0.6 is 0 Å². The SMILES string of the molecule is CCOC(=O)[C@H](Cc1cc(OC)c(OC)cc1[18F])N(C(=O)OC(C)(C)C)C(=O)OC(C)(C)C. The highest BCUT2D eigenvalue weighted by Gasteiger charge is 2.41. The number of hydrogen-bond acceptors (Lipinski definition) is 8. The van der Waals surface area contributed by atoms with E-state index in [1.807, 2.05) is 0 Å². The first kappa shape index (κ1) is 28.0. The number of nitrogens with zero attached hydrogens (tertiary/aromatic N) is 1. The van der Waals surface area contributed by atoms with Gasteiger partial charge >= 0.3 is 18.2 Å². The van der Waals surface area contributed by atoms with Gasteiger partial charge in [-0.2, -0.15) is 4.90 Å². The van der Waals surface area contributed by atoms with E-state index in [1.54, 1.807) is 48.5 Å². The number of amides is 2. The van der Waals surface area contributed by atoms with Gasteiger partial charge in [-0.3, -0.25) is 0 Å². The maximum atomic E-state index is 14.8. The Kier molecular flexibility index (Phi) is 9.50. The van der Waals surface area contributed by atoms with Crippen LogP contribution in [-0.2, 0) is 25.4 Å². The molecule has 0 aliphatic heterocycles. The Morgan fingerprint density at radius 3 is 1.76 bits per heavy atom. The number of methoxy groups -OCH3 is 2. The lowest BCUT2D eigenvalue weighted by Crippen LogP contribution is -2.53. The minimum Gasteiger partial charge on any atom is -0.493 e. The van der Waals surface area contributed by atoms with Gasteiger partial charge in [0.2, 0.25) is 0 Å². The molecule has 33 heavy (non-hydrogen) atoms. The van der Waals surface area contributed by atoms with Crippen molar-refractivity contribution >= 4 is 18.2 Å². The Labute approximate surface area is 194 Å². The molecule has 9 nitrogen and oxygen atoms in total. The van der Waals surface area contributed by atoms with Gasteiger partial charge in [0.15, 0.2) is 11.5 Å². The third-order valence-corrected chi connectivity index (χ3v) is 4.02. The van der Waals surface area contributed by atoms with Crippen molar-refractivity contribution in [1.82, 2.24) is 4.90 Å². The minimum absolute atomic E-state index is 0.0113. The lowest BCUT2D eigenvalue weighted by molar-refractivity contribution is -0.149. The molecule has 0 fully saturated rings. The second kappa shape index (κ2) is 11.2. The molecule has 0 N–H and O–H groups in total. The molecule has 0 bridgehead atoms. The molecule has 0 saturated carbocycles. The minimum atomic E-state index is -1.57. The molecule has 2 amide bonds. The number of ether oxygens (including phenoxy) is 5. The van der Waals surface area contributed by atoms with Gasteiger partial charge in [0, 0.05) is 12.5 Å². The first-order valence-electron chi connectivity index (χ1n) is 10.5. The molecule has 0 saturated heterocycles. The predicted molar refractivity (Wildman–Crippen MR) is 118 cm³/mol. The maximum absolute atomic E-state index is 14.8. The van der Waals surface area contributed by atoms with E-state index in [1.165, 1.54) is 20.3 Å². The summed E-state index contributed by atoms with van der Waals surface area (Å²) in [6, 6.07) is 0.840. The van der Waals surface area contributed by atoms with Crippen LogP contribution in [0.3, 0.4) is 0 Å². The summed E-state index contributed by atoms with van der Waals surface area (Å²) in [5, 5.41) is 0. The van der Waals surface area contributed by atoms with Gasteiger partial charge in [-0.05, 0) is 60.1 Å². The Hall–Kier alpha value is -3.04. The maximum Gasteiger partial charge on any atom is 0.420 e. The Morgan fingerprint density at radius 1 is 0.909 bits per heavy atom. The third-order valence-electron chi connectivity index (χ3n) is 4.02. The molecule has 0 aliphatic rings. The zero-order valence-corrected chi connectivity index (χ0v) is 20.7. The molecule has 1 aromatic carbocycles. The molecule has 186 valence electrons. The Morgan fingerprint density at radius 2 is 1.36 bits per heavy atom. The fraction of sp³-hybridized carbons (Fsp3) is 0.609. The second-order valence-corrected chi connectivity index (χ2v) is 9.10. The molecule has 1 aromatic rings. The highest BCUT2D eigenvalue weighted by Crippen LogP contribution is 2.31. The second-order valence-electron chi connectivity index (χ2n) is 9.10. The van der Waals surface area contributed by atoms with E-state index >= 15 is 0 Å². The molecular weight excluding hydrogens is 436 g/mol. The fourth-order valence-electron chi connectivity index (χ4n) is 2.73. The van der Waals surface area contributed by atoms with Gasteiger partial charge in [0.1, 0.15) is 23.1 Å². The summed E-state index contributed by atoms with van der Waals surface area (Å²) in [5.41, 5.74) is -1.97. The summed E-state index contributed by atoms with van der Waals surface area (Å²) in [6.45, 7) is 11.2. The number of carbonyl (C=O) groups excluding carboxylic acids is 3. The topological polar surface area (TPSA) is 101 Å². The summed E-state index contributed by atoms with van der Waals surface area (Å²) >= 11 is 0. The summed E-state index contributed by atoms with van der Waals surface area (Å²) in [4.78, 5) is 39.4. The number of halogens is 1. The zero-order chi connectivity index (χ0) is 25.6. The van der Waals surface area contributed by atoms with Crippen molar-refractivity contribution in [1.29, 1.82) is 0 Å². The summed E-state index contributed by atoms with van der Waals surface area (Å²) in [5.74, 6) is -1.31. The quantitative estimate of drug-likeness (QED) is 0.424. The van der Waals surface area contributed by atoms with Crippen molar-refractivity contribution in [2.24, 2.45) is 0 Å². The third kappa shape index (κ3) is 8.43. The van der Waals surface area contributed by atoms with E-state index < -0.39 is 47.6 Å². The highest BCUT2D eigenvalue weighted by molar-refractivity contribution is 5.94. The van der Waals surface area contributed by atoms with Crippen LogP contribution in [0.2, 0.25) is 0 Å². The van der Waals surface area contributed by atoms with Crippen molar-refractivity contribution in [3.05, 3.63) is 23.5 Å². The first-order valence-corrected chi connectivity index (χ1v) is 10.5. The Balaban J connectivity index is 3.56. The number of esters is 1. The lowest BCUT2D eigenvalue weighted by atomic mass is 10.0. The average molecular weight is 471 g/mol. The number of carbonyl (C=O) groups is 3. The first-order chi connectivity index (χ1) is 15.1. The van der Waals surface area contributed by atoms with E-state index in [9.17, 15) is 18.8 Å². The van der Waals surface area contributed by atoms with Gasteiger partial charge in [0.05, 0.1) is 20.8 Å². The summed E-state index contributed by atoms with van der Waals surface area (Å²) in [6.07, 6.45) is -2.67. The van der Waals surface area contributed by atoms with Gasteiger partial charge in [0.25, 0.3) is 0 Å². The number of imide groups is 1. The van der Waals surface area contributed by atoms with Crippen LogP contribution < -0.4 is 9.47 Å². The molecule has 0 aliphatic carbocycles. The van der Waals surface area contributed by atoms with Crippen LogP contribution in [-0.4, -0.2) is 61.1 Å². The van der Waals surface area contributed by atoms with E-state index in [-0.39, 0.29) is 23.7 Å². The molecule has 0 unspecified atom stereocenters. The molecule has 0 aromatic heterocycles. The number of hydrogen-bond donors (Lipinski definition) is 0. The van der Waals surface area contributed by atoms with E-state index in [0.29, 0.717) is 4.90 Å². The van der Waals surface area contributed by atoms with Gasteiger partial charge in [-0.15, -0.1) is 0 Å². The predicted octanol–water partition coefficient (Wildman–Crippen LogP) is 4.49. The zero-order valence-electron chi connectivity index (χ0n) is 20.7. The lowest BCUT2D eigenvalue weighted by Gasteiger charge is -2.32.